The van der Waals surface area contributed by atoms with Gasteiger partial charge in [-0.15, -0.1) is 0 Å². The summed E-state index contributed by atoms with van der Waals surface area (Å²) in [5, 5.41) is 0. The lowest BCUT2D eigenvalue weighted by atomic mass is 9.86. The molecule has 2 bridgehead atoms. The lowest BCUT2D eigenvalue weighted by Gasteiger charge is -2.24. The summed E-state index contributed by atoms with van der Waals surface area (Å²) >= 11 is 0. The highest BCUT2D eigenvalue weighted by Gasteiger charge is 2.36. The lowest BCUT2D eigenvalue weighted by Crippen LogP contribution is -2.28. The molecule has 0 saturated heterocycles. The zero-order chi connectivity index (χ0) is 15.2. The van der Waals surface area contributed by atoms with Crippen molar-refractivity contribution in [3.05, 3.63) is 47.5 Å². The molecule has 0 aromatic heterocycles. The van der Waals surface area contributed by atoms with E-state index >= 15 is 0 Å². The average molecular weight is 296 g/mol. The van der Waals surface area contributed by atoms with Crippen LogP contribution in [0.5, 0.6) is 0 Å². The summed E-state index contributed by atoms with van der Waals surface area (Å²) in [6.45, 7) is 2.06. The zero-order valence-corrected chi connectivity index (χ0v) is 13.3. The Hall–Kier alpha value is -1.57. The number of allylic oxidation sites excluding steroid dienone is 2. The fourth-order valence-corrected chi connectivity index (χ4v) is 4.54. The first-order valence-corrected chi connectivity index (χ1v) is 8.65. The standard InChI is InChI=1S/C20H24O2/c1-20(10-2-3-11-20)22-19(21)16-8-6-15(7-9-16)18-13-14-4-5-17(18)12-14/h4-9,14,17-18H,2-3,10-13H2,1H3. The largest absolute Gasteiger partial charge is 0.456 e. The molecule has 0 N–H and O–H groups in total. The Bertz CT molecular complexity index is 593. The van der Waals surface area contributed by atoms with Crippen LogP contribution in [0.1, 0.15) is 67.3 Å². The number of rotatable bonds is 3. The van der Waals surface area contributed by atoms with Gasteiger partial charge in [-0.3, -0.25) is 0 Å². The van der Waals surface area contributed by atoms with E-state index in [0.717, 1.165) is 18.8 Å². The Balaban J connectivity index is 1.45. The second kappa shape index (κ2) is 5.26. The Morgan fingerprint density at radius 3 is 2.41 bits per heavy atom. The molecule has 1 aromatic rings. The predicted molar refractivity (Wildman–Crippen MR) is 86.8 cm³/mol. The summed E-state index contributed by atoms with van der Waals surface area (Å²) in [6.07, 6.45) is 11.6. The molecule has 4 rings (SSSR count). The Kier molecular flexibility index (Phi) is 3.36. The van der Waals surface area contributed by atoms with Gasteiger partial charge in [0.2, 0.25) is 0 Å². The van der Waals surface area contributed by atoms with Crippen LogP contribution in [0.3, 0.4) is 0 Å². The summed E-state index contributed by atoms with van der Waals surface area (Å²) in [5.41, 5.74) is 1.82. The molecule has 0 heterocycles. The smallest absolute Gasteiger partial charge is 0.338 e. The normalized spacial score (nSPS) is 31.6. The fraction of sp³-hybridized carbons (Fsp3) is 0.550. The van der Waals surface area contributed by atoms with Crippen molar-refractivity contribution in [3.63, 3.8) is 0 Å². The Morgan fingerprint density at radius 2 is 1.82 bits per heavy atom. The molecule has 3 aliphatic carbocycles. The molecule has 2 heteroatoms. The quantitative estimate of drug-likeness (QED) is 0.588. The number of esters is 1. The van der Waals surface area contributed by atoms with Crippen LogP contribution < -0.4 is 0 Å². The van der Waals surface area contributed by atoms with Crippen molar-refractivity contribution < 1.29 is 9.53 Å². The summed E-state index contributed by atoms with van der Waals surface area (Å²) in [7, 11) is 0. The fourth-order valence-electron chi connectivity index (χ4n) is 4.54. The zero-order valence-electron chi connectivity index (χ0n) is 13.3. The Labute approximate surface area is 132 Å². The molecule has 3 atom stereocenters. The molecular weight excluding hydrogens is 272 g/mol. The first-order chi connectivity index (χ1) is 10.6. The third-order valence-electron chi connectivity index (χ3n) is 5.85. The van der Waals surface area contributed by atoms with E-state index in [2.05, 4.69) is 31.2 Å². The minimum absolute atomic E-state index is 0.163. The third-order valence-corrected chi connectivity index (χ3v) is 5.85. The first kappa shape index (κ1) is 14.0. The van der Waals surface area contributed by atoms with Gasteiger partial charge >= 0.3 is 5.97 Å². The van der Waals surface area contributed by atoms with Crippen molar-refractivity contribution in [2.45, 2.75) is 57.0 Å². The van der Waals surface area contributed by atoms with E-state index in [1.165, 1.54) is 31.2 Å². The van der Waals surface area contributed by atoms with Crippen molar-refractivity contribution >= 4 is 5.97 Å². The predicted octanol–water partition coefficient (Wildman–Crippen LogP) is 4.86. The van der Waals surface area contributed by atoms with Gasteiger partial charge in [0.05, 0.1) is 5.56 Å². The van der Waals surface area contributed by atoms with Gasteiger partial charge in [0, 0.05) is 0 Å². The molecule has 0 spiro atoms. The molecule has 0 radical (unpaired) electrons. The van der Waals surface area contributed by atoms with Gasteiger partial charge in [0.1, 0.15) is 5.60 Å². The molecule has 0 amide bonds. The van der Waals surface area contributed by atoms with Gasteiger partial charge in [-0.05, 0) is 80.9 Å². The minimum atomic E-state index is -0.245. The lowest BCUT2D eigenvalue weighted by molar-refractivity contribution is -0.00608. The maximum atomic E-state index is 12.3. The monoisotopic (exact) mass is 296 g/mol. The maximum Gasteiger partial charge on any atom is 0.338 e. The van der Waals surface area contributed by atoms with E-state index < -0.39 is 0 Å². The highest BCUT2D eigenvalue weighted by Crippen LogP contribution is 2.48. The van der Waals surface area contributed by atoms with Crippen LogP contribution in [0, 0.1) is 11.8 Å². The number of fused-ring (bicyclic) bond motifs is 2. The number of carbonyl (C=O) groups excluding carboxylic acids is 1. The molecule has 3 aliphatic rings. The van der Waals surface area contributed by atoms with Crippen LogP contribution >= 0.6 is 0 Å². The molecule has 2 fully saturated rings. The van der Waals surface area contributed by atoms with Gasteiger partial charge in [-0.1, -0.05) is 24.3 Å². The van der Waals surface area contributed by atoms with E-state index in [1.807, 2.05) is 12.1 Å². The van der Waals surface area contributed by atoms with Crippen LogP contribution in [-0.2, 0) is 4.74 Å². The summed E-state index contributed by atoms with van der Waals surface area (Å²) in [5.74, 6) is 1.97. The molecule has 2 saturated carbocycles. The number of carbonyl (C=O) groups is 1. The topological polar surface area (TPSA) is 26.3 Å². The molecule has 2 nitrogen and oxygen atoms in total. The van der Waals surface area contributed by atoms with Gasteiger partial charge in [0.15, 0.2) is 0 Å². The summed E-state index contributed by atoms with van der Waals surface area (Å²) in [6, 6.07) is 8.16. The van der Waals surface area contributed by atoms with Gasteiger partial charge in [-0.2, -0.15) is 0 Å². The van der Waals surface area contributed by atoms with Crippen LogP contribution in [0.15, 0.2) is 36.4 Å². The number of benzene rings is 1. The number of hydrogen-bond donors (Lipinski definition) is 0. The number of ether oxygens (including phenoxy) is 1. The van der Waals surface area contributed by atoms with Crippen molar-refractivity contribution in [1.82, 2.24) is 0 Å². The summed E-state index contributed by atoms with van der Waals surface area (Å²) < 4.78 is 5.75. The molecule has 0 aliphatic heterocycles. The second-order valence-corrected chi connectivity index (χ2v) is 7.56. The van der Waals surface area contributed by atoms with Gasteiger partial charge in [0.25, 0.3) is 0 Å². The Morgan fingerprint density at radius 1 is 1.09 bits per heavy atom. The van der Waals surface area contributed by atoms with E-state index in [1.54, 1.807) is 0 Å². The van der Waals surface area contributed by atoms with Crippen LogP contribution in [-0.4, -0.2) is 11.6 Å². The van der Waals surface area contributed by atoms with E-state index in [4.69, 9.17) is 4.74 Å². The van der Waals surface area contributed by atoms with E-state index in [-0.39, 0.29) is 11.6 Å². The van der Waals surface area contributed by atoms with Crippen LogP contribution in [0.2, 0.25) is 0 Å². The highest BCUT2D eigenvalue weighted by molar-refractivity contribution is 5.89. The molecule has 116 valence electrons. The van der Waals surface area contributed by atoms with Crippen molar-refractivity contribution in [3.8, 4) is 0 Å². The minimum Gasteiger partial charge on any atom is -0.456 e. The van der Waals surface area contributed by atoms with Crippen LogP contribution in [0.25, 0.3) is 0 Å². The third kappa shape index (κ3) is 2.49. The first-order valence-electron chi connectivity index (χ1n) is 8.65. The SMILES string of the molecule is CC1(OC(=O)c2ccc(C3CC4C=CC3C4)cc2)CCCC1. The van der Waals surface area contributed by atoms with Crippen molar-refractivity contribution in [1.29, 1.82) is 0 Å². The average Bonchev–Trinajstić information content (AvgIpc) is 3.24. The molecule has 3 unspecified atom stereocenters. The van der Waals surface area contributed by atoms with Crippen molar-refractivity contribution in [2.24, 2.45) is 11.8 Å². The molecule has 1 aromatic carbocycles. The second-order valence-electron chi connectivity index (χ2n) is 7.56. The van der Waals surface area contributed by atoms with Gasteiger partial charge < -0.3 is 4.74 Å². The van der Waals surface area contributed by atoms with Crippen molar-refractivity contribution in [2.75, 3.05) is 0 Å². The molecule has 22 heavy (non-hydrogen) atoms. The van der Waals surface area contributed by atoms with E-state index in [0.29, 0.717) is 17.4 Å². The molecular formula is C20H24O2. The summed E-state index contributed by atoms with van der Waals surface area (Å²) in [4.78, 5) is 12.3. The highest BCUT2D eigenvalue weighted by atomic mass is 16.6. The maximum absolute atomic E-state index is 12.3. The number of hydrogen-bond acceptors (Lipinski definition) is 2. The van der Waals surface area contributed by atoms with Crippen LogP contribution in [0.4, 0.5) is 0 Å². The van der Waals surface area contributed by atoms with E-state index in [9.17, 15) is 4.79 Å². The van der Waals surface area contributed by atoms with Gasteiger partial charge in [-0.25, -0.2) is 4.79 Å².